The van der Waals surface area contributed by atoms with Crippen molar-refractivity contribution in [2.24, 2.45) is 5.92 Å². The highest BCUT2D eigenvalue weighted by atomic mass is 28.4. The number of hydrogen-bond acceptors (Lipinski definition) is 8. The summed E-state index contributed by atoms with van der Waals surface area (Å²) in [4.78, 5) is 5.82. The third-order valence-corrected chi connectivity index (χ3v) is 24.4. The largest absolute Gasteiger partial charge is 0.543 e. The highest BCUT2D eigenvalue weighted by molar-refractivity contribution is 6.78. The minimum atomic E-state index is -2.22. The summed E-state index contributed by atoms with van der Waals surface area (Å²) in [5.41, 5.74) is 11.6. The average molecular weight is 1180 g/mol. The van der Waals surface area contributed by atoms with Crippen molar-refractivity contribution in [3.63, 3.8) is 0 Å². The van der Waals surface area contributed by atoms with Crippen LogP contribution in [0.25, 0.3) is 16.7 Å². The molecule has 0 aliphatic heterocycles. The summed E-state index contributed by atoms with van der Waals surface area (Å²) in [6, 6.07) is 85.2. The number of rotatable bonds is 23. The molecule has 12 rings (SSSR count). The van der Waals surface area contributed by atoms with Crippen molar-refractivity contribution in [2.75, 3.05) is 11.9 Å². The van der Waals surface area contributed by atoms with Crippen molar-refractivity contribution >= 4 is 30.9 Å². The van der Waals surface area contributed by atoms with Crippen molar-refractivity contribution in [1.29, 1.82) is 0 Å². The van der Waals surface area contributed by atoms with Crippen LogP contribution >= 0.6 is 0 Å². The van der Waals surface area contributed by atoms with E-state index in [2.05, 4.69) is 301 Å². The molecule has 0 saturated heterocycles. The minimum Gasteiger partial charge on any atom is -0.543 e. The highest BCUT2D eigenvalue weighted by Crippen LogP contribution is 2.46. The van der Waals surface area contributed by atoms with E-state index in [-0.39, 0.29) is 12.0 Å². The number of benzene rings is 8. The molecular formula is C77H80N8O2Si. The maximum absolute atomic E-state index is 11.6. The van der Waals surface area contributed by atoms with Gasteiger partial charge in [-0.1, -0.05) is 277 Å². The summed E-state index contributed by atoms with van der Waals surface area (Å²) >= 11 is 0. The summed E-state index contributed by atoms with van der Waals surface area (Å²) in [7, 11) is -2.22. The van der Waals surface area contributed by atoms with Gasteiger partial charge in [0.05, 0.1) is 18.8 Å². The minimum absolute atomic E-state index is 0.101. The Morgan fingerprint density at radius 1 is 0.602 bits per heavy atom. The van der Waals surface area contributed by atoms with Crippen LogP contribution in [0.1, 0.15) is 110 Å². The Morgan fingerprint density at radius 3 is 1.60 bits per heavy atom. The van der Waals surface area contributed by atoms with Crippen molar-refractivity contribution < 1.29 is 9.53 Å². The third-order valence-electron chi connectivity index (χ3n) is 18.4. The maximum atomic E-state index is 11.6. The van der Waals surface area contributed by atoms with Crippen LogP contribution in [0.3, 0.4) is 0 Å². The van der Waals surface area contributed by atoms with Crippen LogP contribution in [0, 0.1) is 5.92 Å². The third kappa shape index (κ3) is 11.7. The van der Waals surface area contributed by atoms with Gasteiger partial charge in [-0.25, -0.2) is 9.67 Å². The summed E-state index contributed by atoms with van der Waals surface area (Å²) in [6.45, 7) is 15.0. The first-order valence-electron chi connectivity index (χ1n) is 31.3. The number of nitrogens with zero attached hydrogens (tertiary/aromatic N) is 6. The highest BCUT2D eigenvalue weighted by Gasteiger charge is 2.47. The zero-order chi connectivity index (χ0) is 60.7. The lowest BCUT2D eigenvalue weighted by molar-refractivity contribution is 0.132. The number of anilines is 1. The first kappa shape index (κ1) is 59.3. The summed E-state index contributed by atoms with van der Waals surface area (Å²) < 4.78 is 11.3. The molecule has 0 unspecified atom stereocenters. The molecule has 3 aromatic heterocycles. The SMILES string of the molecule is CC(C)[Si](Oc1cccc(Cn2cc(/C(=C\CN[C@@H]3C[C@@H](Cc4ccccc4)[C@H](O)C3)c3cc(NC(c4ccccc4)(c4ccccc4)c4ccccc4)nc4c3nnn4C(c3ccccc3)(c3ccccc3)c3ccccc3)cn2)c1)(C(C)C)C(C)C. The molecule has 1 aliphatic rings. The van der Waals surface area contributed by atoms with Crippen LogP contribution in [-0.2, 0) is 24.0 Å². The van der Waals surface area contributed by atoms with Crippen LogP contribution in [-0.4, -0.2) is 61.9 Å². The van der Waals surface area contributed by atoms with Gasteiger partial charge in [-0.05, 0) is 110 Å². The number of aromatic nitrogens is 6. The van der Waals surface area contributed by atoms with Crippen LogP contribution in [0.15, 0.2) is 261 Å². The molecule has 0 spiro atoms. The molecule has 11 heteroatoms. The Balaban J connectivity index is 1.06. The van der Waals surface area contributed by atoms with Gasteiger partial charge in [0.15, 0.2) is 5.65 Å². The first-order chi connectivity index (χ1) is 43.0. The number of aliphatic hydroxyl groups is 1. The fourth-order valence-electron chi connectivity index (χ4n) is 14.4. The Labute approximate surface area is 520 Å². The van der Waals surface area contributed by atoms with Gasteiger partial charge in [0, 0.05) is 29.9 Å². The molecule has 444 valence electrons. The van der Waals surface area contributed by atoms with Crippen molar-refractivity contribution in [1.82, 2.24) is 35.1 Å². The summed E-state index contributed by atoms with van der Waals surface area (Å²) in [5, 5.41) is 35.5. The van der Waals surface area contributed by atoms with Gasteiger partial charge >= 0.3 is 0 Å². The van der Waals surface area contributed by atoms with Gasteiger partial charge in [0.1, 0.15) is 28.2 Å². The van der Waals surface area contributed by atoms with Crippen LogP contribution < -0.4 is 15.1 Å². The lowest BCUT2D eigenvalue weighted by Crippen LogP contribution is -2.50. The van der Waals surface area contributed by atoms with Crippen LogP contribution in [0.5, 0.6) is 5.75 Å². The molecular weight excluding hydrogens is 1100 g/mol. The zero-order valence-corrected chi connectivity index (χ0v) is 52.4. The Morgan fingerprint density at radius 2 is 1.09 bits per heavy atom. The quantitative estimate of drug-likeness (QED) is 0.0429. The topological polar surface area (TPSA) is 115 Å². The number of hydrogen-bond donors (Lipinski definition) is 3. The van der Waals surface area contributed by atoms with E-state index in [4.69, 9.17) is 24.8 Å². The summed E-state index contributed by atoms with van der Waals surface area (Å²) in [6.07, 6.45) is 8.35. The fraction of sp³-hybridized carbons (Fsp3) is 0.247. The standard InChI is InChI=1S/C77H80N8O2Si/c1-55(2)88(56(3)4,57(5)6)87-69-44-28-31-59(48-69)53-84-54-61(52-79-84)70(45-46-78-68-49-60(72(86)50-68)47-58-29-14-7-15-30-58)71-51-73(81-76(62-32-16-8-17-33-62,63-34-18-9-19-35-63)64-36-20-10-21-37-64)80-75-74(71)82-83-85(75)77(65-38-22-11-23-39-65,66-40-24-12-25-41-66)67-42-26-13-27-43-67/h7-45,48,51-52,54-57,60,68,72,78,86H,46-47,49-50,53H2,1-6H3,(H,80,81)/b70-45+/t60-,68-,72-/m1/s1. The zero-order valence-electron chi connectivity index (χ0n) is 51.4. The predicted octanol–water partition coefficient (Wildman–Crippen LogP) is 16.3. The van der Waals surface area contributed by atoms with Gasteiger partial charge in [-0.2, -0.15) is 5.10 Å². The molecule has 3 N–H and O–H groups in total. The van der Waals surface area contributed by atoms with Crippen molar-refractivity contribution in [3.8, 4) is 5.75 Å². The van der Waals surface area contributed by atoms with E-state index in [1.807, 2.05) is 21.6 Å². The number of pyridine rings is 1. The predicted molar refractivity (Wildman–Crippen MR) is 360 cm³/mol. The molecule has 3 atom stereocenters. The molecule has 10 nitrogen and oxygen atoms in total. The van der Waals surface area contributed by atoms with E-state index < -0.39 is 25.5 Å². The van der Waals surface area contributed by atoms with Gasteiger partial charge in [-0.3, -0.25) is 4.68 Å². The second kappa shape index (κ2) is 26.1. The van der Waals surface area contributed by atoms with Gasteiger partial charge in [-0.15, -0.1) is 5.10 Å². The molecule has 0 amide bonds. The lowest BCUT2D eigenvalue weighted by Gasteiger charge is -2.42. The van der Waals surface area contributed by atoms with E-state index >= 15 is 0 Å². The van der Waals surface area contributed by atoms with E-state index in [1.165, 1.54) is 5.56 Å². The smallest absolute Gasteiger partial charge is 0.258 e. The maximum Gasteiger partial charge on any atom is 0.258 e. The van der Waals surface area contributed by atoms with Crippen molar-refractivity contribution in [3.05, 3.63) is 317 Å². The molecule has 8 aromatic carbocycles. The second-order valence-corrected chi connectivity index (χ2v) is 30.1. The van der Waals surface area contributed by atoms with Gasteiger partial charge in [0.2, 0.25) is 0 Å². The van der Waals surface area contributed by atoms with E-state index in [1.54, 1.807) is 0 Å². The normalized spacial score (nSPS) is 15.8. The van der Waals surface area contributed by atoms with Gasteiger partial charge in [0.25, 0.3) is 8.32 Å². The van der Waals surface area contributed by atoms with Crippen molar-refractivity contribution in [2.45, 2.75) is 107 Å². The monoisotopic (exact) mass is 1180 g/mol. The van der Waals surface area contributed by atoms with E-state index in [0.29, 0.717) is 53.1 Å². The lowest BCUT2D eigenvalue weighted by atomic mass is 9.77. The molecule has 88 heavy (non-hydrogen) atoms. The van der Waals surface area contributed by atoms with Gasteiger partial charge < -0.3 is 20.2 Å². The Bertz CT molecular complexity index is 3850. The molecule has 1 fully saturated rings. The molecule has 3 heterocycles. The van der Waals surface area contributed by atoms with E-state index in [9.17, 15) is 5.11 Å². The average Bonchev–Trinajstić information content (AvgIpc) is 1.49. The van der Waals surface area contributed by atoms with E-state index in [0.717, 1.165) is 74.2 Å². The number of nitrogens with one attached hydrogen (secondary N) is 2. The Kier molecular flexibility index (Phi) is 17.6. The number of aliphatic hydroxyl groups excluding tert-OH is 1. The molecule has 1 saturated carbocycles. The van der Waals surface area contributed by atoms with Crippen LogP contribution in [0.4, 0.5) is 5.82 Å². The Hall–Kier alpha value is -9.00. The molecule has 0 radical (unpaired) electrons. The molecule has 11 aromatic rings. The summed E-state index contributed by atoms with van der Waals surface area (Å²) in [5.74, 6) is 1.67. The first-order valence-corrected chi connectivity index (χ1v) is 33.5. The fourth-order valence-corrected chi connectivity index (χ4v) is 19.7. The second-order valence-electron chi connectivity index (χ2n) is 24.7. The molecule has 0 bridgehead atoms. The van der Waals surface area contributed by atoms with Crippen LogP contribution in [0.2, 0.25) is 16.6 Å². The molecule has 1 aliphatic carbocycles. The number of fused-ring (bicyclic) bond motifs is 1.